The first-order valence-electron chi connectivity index (χ1n) is 14.2. The van der Waals surface area contributed by atoms with Gasteiger partial charge in [0.15, 0.2) is 23.0 Å². The molecule has 0 aromatic heterocycles. The zero-order chi connectivity index (χ0) is 30.6. The second-order valence-electron chi connectivity index (χ2n) is 11.2. The Balaban J connectivity index is 1.82. The predicted octanol–water partition coefficient (Wildman–Crippen LogP) is 3.05. The summed E-state index contributed by atoms with van der Waals surface area (Å²) in [7, 11) is 8.19. The van der Waals surface area contributed by atoms with Gasteiger partial charge in [0.2, 0.25) is 5.91 Å². The van der Waals surface area contributed by atoms with Crippen molar-refractivity contribution >= 4 is 5.91 Å². The Kier molecular flexibility index (Phi) is 7.81. The molecule has 11 heteroatoms. The van der Waals surface area contributed by atoms with Gasteiger partial charge in [-0.3, -0.25) is 14.6 Å². The third kappa shape index (κ3) is 4.03. The second-order valence-corrected chi connectivity index (χ2v) is 11.2. The number of hydrogen-bond donors (Lipinski definition) is 3. The first-order chi connectivity index (χ1) is 20.1. The fourth-order valence-electron chi connectivity index (χ4n) is 7.75. The minimum atomic E-state index is -0.604. The third-order valence-corrected chi connectivity index (χ3v) is 9.47. The number of nitrogens with one attached hydrogen (secondary N) is 1. The lowest BCUT2D eigenvalue weighted by molar-refractivity contribution is -0.121. The van der Waals surface area contributed by atoms with E-state index in [9.17, 15) is 20.3 Å². The van der Waals surface area contributed by atoms with Crippen molar-refractivity contribution in [3.05, 3.63) is 33.4 Å². The molecule has 2 aromatic carbocycles. The molecule has 3 aliphatic heterocycles. The van der Waals surface area contributed by atoms with E-state index in [4.69, 9.17) is 18.9 Å². The van der Waals surface area contributed by atoms with E-state index in [1.165, 1.54) is 14.2 Å². The van der Waals surface area contributed by atoms with Gasteiger partial charge in [0.1, 0.15) is 17.5 Å². The van der Waals surface area contributed by atoms with Gasteiger partial charge in [0, 0.05) is 58.4 Å². The fraction of sp³-hybridized carbons (Fsp3) is 0.548. The van der Waals surface area contributed by atoms with Crippen LogP contribution in [0.3, 0.4) is 0 Å². The molecule has 2 bridgehead atoms. The van der Waals surface area contributed by atoms with Crippen LogP contribution >= 0.6 is 0 Å². The van der Waals surface area contributed by atoms with Crippen molar-refractivity contribution in [2.45, 2.75) is 70.2 Å². The van der Waals surface area contributed by atoms with Crippen molar-refractivity contribution in [2.75, 3.05) is 42.0 Å². The standard InChI is InChI=1S/C31H40N4O7/c1-9-22(36)33-13-21-23-16(28(39-5)14(2)30(41-7)26(23)37)11-19-25-24-17(10-18(34(25)4)20(12-32)35(19)21)29(40-6)15(3)31(42-8)27(24)38/h18-21,25,37-38H,9-11,13H2,1-8H3,(H,33,36)/t18-,19-,20-,21-,25-/m0/s1. The van der Waals surface area contributed by atoms with E-state index < -0.39 is 12.1 Å². The number of phenolic OH excluding ortho intramolecular Hbond substituents is 2. The summed E-state index contributed by atoms with van der Waals surface area (Å²) < 4.78 is 23.1. The molecule has 0 radical (unpaired) electrons. The number of methoxy groups -OCH3 is 4. The Morgan fingerprint density at radius 1 is 0.905 bits per heavy atom. The quantitative estimate of drug-likeness (QED) is 0.448. The van der Waals surface area contributed by atoms with Gasteiger partial charge in [-0.2, -0.15) is 5.26 Å². The Hall–Kier alpha value is -3.88. The zero-order valence-corrected chi connectivity index (χ0v) is 25.5. The van der Waals surface area contributed by atoms with Gasteiger partial charge in [-0.05, 0) is 33.7 Å². The largest absolute Gasteiger partial charge is 0.504 e. The molecule has 3 aliphatic rings. The Morgan fingerprint density at radius 2 is 1.40 bits per heavy atom. The van der Waals surface area contributed by atoms with E-state index in [0.29, 0.717) is 64.5 Å². The maximum atomic E-state index is 12.5. The molecule has 226 valence electrons. The highest BCUT2D eigenvalue weighted by Gasteiger charge is 2.57. The third-order valence-electron chi connectivity index (χ3n) is 9.47. The van der Waals surface area contributed by atoms with Gasteiger partial charge in [0.25, 0.3) is 0 Å². The van der Waals surface area contributed by atoms with Crippen molar-refractivity contribution in [3.8, 4) is 40.6 Å². The number of carbonyl (C=O) groups excluding carboxylic acids is 1. The number of rotatable bonds is 7. The molecule has 5 atom stereocenters. The Bertz CT molecular complexity index is 1470. The second kappa shape index (κ2) is 11.1. The number of hydrogen-bond acceptors (Lipinski definition) is 10. The number of ether oxygens (including phenoxy) is 4. The van der Waals surface area contributed by atoms with Crippen molar-refractivity contribution in [3.63, 3.8) is 0 Å². The highest BCUT2D eigenvalue weighted by atomic mass is 16.5. The van der Waals surface area contributed by atoms with Crippen LogP contribution in [0.2, 0.25) is 0 Å². The van der Waals surface area contributed by atoms with Crippen LogP contribution in [0.5, 0.6) is 34.5 Å². The van der Waals surface area contributed by atoms with Crippen LogP contribution in [0.1, 0.15) is 58.8 Å². The van der Waals surface area contributed by atoms with E-state index >= 15 is 0 Å². The molecule has 42 heavy (non-hydrogen) atoms. The molecule has 0 spiro atoms. The zero-order valence-electron chi connectivity index (χ0n) is 25.5. The van der Waals surface area contributed by atoms with E-state index in [1.54, 1.807) is 21.1 Å². The molecule has 3 N–H and O–H groups in total. The summed E-state index contributed by atoms with van der Waals surface area (Å²) in [5.74, 6) is 1.77. The van der Waals surface area contributed by atoms with Crippen LogP contribution in [-0.2, 0) is 17.6 Å². The van der Waals surface area contributed by atoms with Crippen molar-refractivity contribution in [1.29, 1.82) is 5.26 Å². The number of carbonyl (C=O) groups is 1. The minimum Gasteiger partial charge on any atom is -0.504 e. The van der Waals surface area contributed by atoms with E-state index in [0.717, 1.165) is 11.1 Å². The average Bonchev–Trinajstić information content (AvgIpc) is 2.97. The molecule has 1 amide bonds. The average molecular weight is 581 g/mol. The monoisotopic (exact) mass is 580 g/mol. The molecule has 1 fully saturated rings. The lowest BCUT2D eigenvalue weighted by atomic mass is 9.71. The van der Waals surface area contributed by atoms with E-state index in [-0.39, 0.29) is 42.1 Å². The summed E-state index contributed by atoms with van der Waals surface area (Å²) in [5.41, 5.74) is 4.29. The normalized spacial score (nSPS) is 24.5. The number of nitrogens with zero attached hydrogens (tertiary/aromatic N) is 3. The van der Waals surface area contributed by atoms with Gasteiger partial charge >= 0.3 is 0 Å². The fourth-order valence-corrected chi connectivity index (χ4v) is 7.75. The molecule has 0 unspecified atom stereocenters. The number of likely N-dealkylation sites (N-methyl/N-ethyl adjacent to an activating group) is 1. The number of piperazine rings is 1. The summed E-state index contributed by atoms with van der Waals surface area (Å²) >= 11 is 0. The van der Waals surface area contributed by atoms with Crippen LogP contribution in [0, 0.1) is 25.2 Å². The molecule has 3 heterocycles. The first kappa shape index (κ1) is 29.6. The van der Waals surface area contributed by atoms with Crippen LogP contribution in [-0.4, -0.2) is 86.1 Å². The minimum absolute atomic E-state index is 0.0250. The van der Waals surface area contributed by atoms with Gasteiger partial charge in [-0.25, -0.2) is 0 Å². The Labute approximate surface area is 246 Å². The molecular formula is C31H40N4O7. The first-order valence-corrected chi connectivity index (χ1v) is 14.2. The lowest BCUT2D eigenvalue weighted by Gasteiger charge is -2.60. The number of fused-ring (bicyclic) bond motifs is 7. The van der Waals surface area contributed by atoms with Gasteiger partial charge in [-0.1, -0.05) is 6.92 Å². The summed E-state index contributed by atoms with van der Waals surface area (Å²) in [6.07, 6.45) is 1.16. The maximum absolute atomic E-state index is 12.5. The van der Waals surface area contributed by atoms with Crippen molar-refractivity contribution in [1.82, 2.24) is 15.1 Å². The van der Waals surface area contributed by atoms with E-state index in [2.05, 4.69) is 21.2 Å². The highest BCUT2D eigenvalue weighted by Crippen LogP contribution is 2.58. The number of aromatic hydroxyl groups is 2. The number of nitriles is 1. The SMILES string of the molecule is CCC(=O)NC[C@H]1c2c(O)c(OC)c(C)c(OC)c2C[C@H]2[C@H]3c4c(O)c(OC)c(C)c(OC)c4C[C@@H]([C@H](C#N)N12)N3C. The summed E-state index contributed by atoms with van der Waals surface area (Å²) in [6.45, 7) is 5.63. The topological polar surface area (TPSA) is 137 Å². The molecule has 1 saturated heterocycles. The molecule has 0 saturated carbocycles. The highest BCUT2D eigenvalue weighted by molar-refractivity contribution is 5.75. The molecule has 11 nitrogen and oxygen atoms in total. The summed E-state index contributed by atoms with van der Waals surface area (Å²) in [4.78, 5) is 16.8. The van der Waals surface area contributed by atoms with Crippen LogP contribution in [0.25, 0.3) is 0 Å². The van der Waals surface area contributed by atoms with Crippen molar-refractivity contribution in [2.24, 2.45) is 0 Å². The van der Waals surface area contributed by atoms with Crippen LogP contribution in [0.15, 0.2) is 0 Å². The van der Waals surface area contributed by atoms with Crippen molar-refractivity contribution < 1.29 is 34.0 Å². The lowest BCUT2D eigenvalue weighted by Crippen LogP contribution is -2.68. The molecule has 5 rings (SSSR count). The van der Waals surface area contributed by atoms with E-state index in [1.807, 2.05) is 20.9 Å². The number of benzene rings is 2. The van der Waals surface area contributed by atoms with Crippen LogP contribution < -0.4 is 24.3 Å². The maximum Gasteiger partial charge on any atom is 0.219 e. The van der Waals surface area contributed by atoms with Gasteiger partial charge in [-0.15, -0.1) is 0 Å². The summed E-state index contributed by atoms with van der Waals surface area (Å²) in [5, 5.41) is 37.0. The molecule has 0 aliphatic carbocycles. The number of phenols is 2. The molecule has 2 aromatic rings. The number of amides is 1. The van der Waals surface area contributed by atoms with Crippen LogP contribution in [0.4, 0.5) is 0 Å². The molecular weight excluding hydrogens is 540 g/mol. The van der Waals surface area contributed by atoms with Gasteiger partial charge in [0.05, 0.1) is 46.6 Å². The predicted molar refractivity (Wildman–Crippen MR) is 155 cm³/mol. The summed E-state index contributed by atoms with van der Waals surface area (Å²) in [6, 6.07) is 0.427. The smallest absolute Gasteiger partial charge is 0.219 e. The Morgan fingerprint density at radius 3 is 1.90 bits per heavy atom. The van der Waals surface area contributed by atoms with Gasteiger partial charge < -0.3 is 34.5 Å².